The lowest BCUT2D eigenvalue weighted by Crippen LogP contribution is -2.11. The fourth-order valence-electron chi connectivity index (χ4n) is 2.58. The standard InChI is InChI=1S/C17H17NO2/c1-18-10-14-8-5-9-15(16(14)11-18)17(19)20-12-13-6-3-2-4-7-13/h2-9H,10-12H2,1H3. The molecule has 0 aliphatic carbocycles. The molecular formula is C17H17NO2. The van der Waals surface area contributed by atoms with Gasteiger partial charge < -0.3 is 4.74 Å². The monoisotopic (exact) mass is 267 g/mol. The normalized spacial score (nSPS) is 14.1. The number of rotatable bonds is 3. The lowest BCUT2D eigenvalue weighted by Gasteiger charge is -2.09. The number of esters is 1. The molecule has 0 N–H and O–H groups in total. The molecule has 0 saturated carbocycles. The van der Waals surface area contributed by atoms with E-state index in [2.05, 4.69) is 18.0 Å². The van der Waals surface area contributed by atoms with Crippen molar-refractivity contribution in [3.63, 3.8) is 0 Å². The van der Waals surface area contributed by atoms with Crippen LogP contribution < -0.4 is 0 Å². The SMILES string of the molecule is CN1Cc2cccc(C(=O)OCc3ccccc3)c2C1. The van der Waals surface area contributed by atoms with Crippen molar-refractivity contribution in [3.8, 4) is 0 Å². The molecule has 102 valence electrons. The van der Waals surface area contributed by atoms with Crippen molar-refractivity contribution in [2.75, 3.05) is 7.05 Å². The number of carbonyl (C=O) groups is 1. The van der Waals surface area contributed by atoms with Gasteiger partial charge in [-0.2, -0.15) is 0 Å². The van der Waals surface area contributed by atoms with Crippen molar-refractivity contribution < 1.29 is 9.53 Å². The molecule has 0 unspecified atom stereocenters. The highest BCUT2D eigenvalue weighted by molar-refractivity contribution is 5.91. The second-order valence-electron chi connectivity index (χ2n) is 5.18. The summed E-state index contributed by atoms with van der Waals surface area (Å²) in [6, 6.07) is 15.6. The predicted molar refractivity (Wildman–Crippen MR) is 77.2 cm³/mol. The van der Waals surface area contributed by atoms with Crippen LogP contribution in [0.3, 0.4) is 0 Å². The van der Waals surface area contributed by atoms with Crippen molar-refractivity contribution in [3.05, 3.63) is 70.8 Å². The highest BCUT2D eigenvalue weighted by Crippen LogP contribution is 2.25. The molecule has 3 heteroatoms. The maximum absolute atomic E-state index is 12.2. The van der Waals surface area contributed by atoms with E-state index in [9.17, 15) is 4.79 Å². The predicted octanol–water partition coefficient (Wildman–Crippen LogP) is 2.99. The molecule has 0 atom stereocenters. The van der Waals surface area contributed by atoms with E-state index in [1.54, 1.807) is 0 Å². The molecule has 0 aromatic heterocycles. The van der Waals surface area contributed by atoms with Crippen molar-refractivity contribution >= 4 is 5.97 Å². The van der Waals surface area contributed by atoms with Crippen LogP contribution in [-0.4, -0.2) is 17.9 Å². The van der Waals surface area contributed by atoms with Gasteiger partial charge in [0, 0.05) is 13.1 Å². The Labute approximate surface area is 118 Å². The summed E-state index contributed by atoms with van der Waals surface area (Å²) in [5.41, 5.74) is 4.03. The summed E-state index contributed by atoms with van der Waals surface area (Å²) < 4.78 is 5.42. The van der Waals surface area contributed by atoms with Crippen molar-refractivity contribution in [2.24, 2.45) is 0 Å². The molecule has 0 spiro atoms. The molecule has 0 saturated heterocycles. The second-order valence-corrected chi connectivity index (χ2v) is 5.18. The molecule has 0 fully saturated rings. The number of ether oxygens (including phenoxy) is 1. The van der Waals surface area contributed by atoms with E-state index >= 15 is 0 Å². The topological polar surface area (TPSA) is 29.5 Å². The molecular weight excluding hydrogens is 250 g/mol. The highest BCUT2D eigenvalue weighted by atomic mass is 16.5. The number of carbonyl (C=O) groups excluding carboxylic acids is 1. The second kappa shape index (κ2) is 5.47. The van der Waals surface area contributed by atoms with E-state index < -0.39 is 0 Å². The minimum atomic E-state index is -0.235. The zero-order chi connectivity index (χ0) is 13.9. The molecule has 1 aliphatic heterocycles. The Bertz CT molecular complexity index is 622. The van der Waals surface area contributed by atoms with Gasteiger partial charge in [-0.3, -0.25) is 4.90 Å². The van der Waals surface area contributed by atoms with Gasteiger partial charge in [-0.15, -0.1) is 0 Å². The first-order chi connectivity index (χ1) is 9.74. The van der Waals surface area contributed by atoms with Crippen LogP contribution in [0.1, 0.15) is 27.0 Å². The van der Waals surface area contributed by atoms with Crippen LogP contribution in [0.4, 0.5) is 0 Å². The molecule has 0 radical (unpaired) electrons. The van der Waals surface area contributed by atoms with Gasteiger partial charge in [0.1, 0.15) is 6.61 Å². The molecule has 20 heavy (non-hydrogen) atoms. The smallest absolute Gasteiger partial charge is 0.338 e. The lowest BCUT2D eigenvalue weighted by atomic mass is 10.0. The van der Waals surface area contributed by atoms with E-state index in [1.165, 1.54) is 5.56 Å². The summed E-state index contributed by atoms with van der Waals surface area (Å²) in [4.78, 5) is 14.4. The van der Waals surface area contributed by atoms with Gasteiger partial charge in [0.25, 0.3) is 0 Å². The minimum Gasteiger partial charge on any atom is -0.457 e. The van der Waals surface area contributed by atoms with Crippen molar-refractivity contribution in [2.45, 2.75) is 19.7 Å². The first-order valence-electron chi connectivity index (χ1n) is 6.74. The van der Waals surface area contributed by atoms with E-state index in [4.69, 9.17) is 4.74 Å². The van der Waals surface area contributed by atoms with Crippen molar-refractivity contribution in [1.82, 2.24) is 4.90 Å². The third-order valence-corrected chi connectivity index (χ3v) is 3.57. The van der Waals surface area contributed by atoms with Gasteiger partial charge in [0.15, 0.2) is 0 Å². The average Bonchev–Trinajstić information content (AvgIpc) is 2.85. The molecule has 3 nitrogen and oxygen atoms in total. The van der Waals surface area contributed by atoms with E-state index in [0.29, 0.717) is 12.2 Å². The van der Waals surface area contributed by atoms with Crippen LogP contribution >= 0.6 is 0 Å². The van der Waals surface area contributed by atoms with Gasteiger partial charge in [0.05, 0.1) is 5.56 Å². The molecule has 3 rings (SSSR count). The Morgan fingerprint density at radius 3 is 2.70 bits per heavy atom. The van der Waals surface area contributed by atoms with Gasteiger partial charge >= 0.3 is 5.97 Å². The largest absolute Gasteiger partial charge is 0.457 e. The Balaban J connectivity index is 1.74. The third-order valence-electron chi connectivity index (χ3n) is 3.57. The Morgan fingerprint density at radius 2 is 1.90 bits per heavy atom. The van der Waals surface area contributed by atoms with Crippen LogP contribution in [0.15, 0.2) is 48.5 Å². The van der Waals surface area contributed by atoms with Crippen LogP contribution in [0, 0.1) is 0 Å². The van der Waals surface area contributed by atoms with Crippen molar-refractivity contribution in [1.29, 1.82) is 0 Å². The highest BCUT2D eigenvalue weighted by Gasteiger charge is 2.22. The fourth-order valence-corrected chi connectivity index (χ4v) is 2.58. The number of fused-ring (bicyclic) bond motifs is 1. The fraction of sp³-hybridized carbons (Fsp3) is 0.235. The van der Waals surface area contributed by atoms with E-state index in [-0.39, 0.29) is 5.97 Å². The van der Waals surface area contributed by atoms with Crippen LogP contribution in [-0.2, 0) is 24.4 Å². The van der Waals surface area contributed by atoms with Gasteiger partial charge in [-0.1, -0.05) is 42.5 Å². The molecule has 2 aromatic rings. The first-order valence-corrected chi connectivity index (χ1v) is 6.74. The van der Waals surface area contributed by atoms with E-state index in [1.807, 2.05) is 42.5 Å². The number of hydrogen-bond donors (Lipinski definition) is 0. The Hall–Kier alpha value is -2.13. The van der Waals surface area contributed by atoms with Crippen LogP contribution in [0.5, 0.6) is 0 Å². The Kier molecular flexibility index (Phi) is 3.52. The zero-order valence-electron chi connectivity index (χ0n) is 11.5. The number of benzene rings is 2. The molecule has 0 bridgehead atoms. The molecule has 1 aliphatic rings. The summed E-state index contributed by atoms with van der Waals surface area (Å²) in [6.45, 7) is 2.03. The minimum absolute atomic E-state index is 0.235. The summed E-state index contributed by atoms with van der Waals surface area (Å²) in [5, 5.41) is 0. The summed E-state index contributed by atoms with van der Waals surface area (Å²) in [6.07, 6.45) is 0. The Morgan fingerprint density at radius 1 is 1.10 bits per heavy atom. The van der Waals surface area contributed by atoms with Crippen LogP contribution in [0.25, 0.3) is 0 Å². The lowest BCUT2D eigenvalue weighted by molar-refractivity contribution is 0.0471. The van der Waals surface area contributed by atoms with Crippen LogP contribution in [0.2, 0.25) is 0 Å². The maximum Gasteiger partial charge on any atom is 0.338 e. The van der Waals surface area contributed by atoms with Gasteiger partial charge in [0.2, 0.25) is 0 Å². The number of hydrogen-bond acceptors (Lipinski definition) is 3. The van der Waals surface area contributed by atoms with Gasteiger partial charge in [-0.25, -0.2) is 4.79 Å². The average molecular weight is 267 g/mol. The molecule has 2 aromatic carbocycles. The van der Waals surface area contributed by atoms with Gasteiger partial charge in [-0.05, 0) is 29.8 Å². The summed E-state index contributed by atoms with van der Waals surface area (Å²) in [5.74, 6) is -0.235. The third kappa shape index (κ3) is 2.58. The maximum atomic E-state index is 12.2. The molecule has 0 amide bonds. The first kappa shape index (κ1) is 12.9. The zero-order valence-corrected chi connectivity index (χ0v) is 11.5. The van der Waals surface area contributed by atoms with E-state index in [0.717, 1.165) is 24.2 Å². The molecule has 1 heterocycles. The summed E-state index contributed by atoms with van der Waals surface area (Å²) >= 11 is 0. The number of nitrogens with zero attached hydrogens (tertiary/aromatic N) is 1. The quantitative estimate of drug-likeness (QED) is 0.801. The summed E-state index contributed by atoms with van der Waals surface area (Å²) in [7, 11) is 2.05.